The number of hydrogen-bond donors (Lipinski definition) is 1. The van der Waals surface area contributed by atoms with Crippen LogP contribution in [-0.2, 0) is 13.1 Å². The summed E-state index contributed by atoms with van der Waals surface area (Å²) in [7, 11) is 0. The fourth-order valence-electron chi connectivity index (χ4n) is 2.91. The van der Waals surface area contributed by atoms with E-state index < -0.39 is 0 Å². The van der Waals surface area contributed by atoms with Crippen LogP contribution in [0.4, 0.5) is 0 Å². The van der Waals surface area contributed by atoms with Crippen molar-refractivity contribution in [3.8, 4) is 0 Å². The first-order valence-corrected chi connectivity index (χ1v) is 7.50. The molecule has 0 bridgehead atoms. The molecule has 0 radical (unpaired) electrons. The van der Waals surface area contributed by atoms with Gasteiger partial charge in [-0.25, -0.2) is 0 Å². The van der Waals surface area contributed by atoms with Crippen LogP contribution in [0.15, 0.2) is 36.4 Å². The molecule has 0 saturated carbocycles. The van der Waals surface area contributed by atoms with E-state index in [9.17, 15) is 0 Å². The van der Waals surface area contributed by atoms with Gasteiger partial charge in [0.25, 0.3) is 0 Å². The summed E-state index contributed by atoms with van der Waals surface area (Å²) in [6, 6.07) is 14.1. The summed E-state index contributed by atoms with van der Waals surface area (Å²) in [5.41, 5.74) is 8.47. The Morgan fingerprint density at radius 2 is 1.35 bits per heavy atom. The minimum Gasteiger partial charge on any atom is -0.326 e. The molecule has 20 heavy (non-hydrogen) atoms. The average Bonchev–Trinajstić information content (AvgIpc) is 2.43. The first-order chi connectivity index (χ1) is 9.54. The Morgan fingerprint density at radius 3 is 1.85 bits per heavy atom. The van der Waals surface area contributed by atoms with Gasteiger partial charge >= 0.3 is 0 Å². The fraction of sp³-hybridized carbons (Fsp3) is 0.444. The molecule has 0 atom stereocenters. The second-order valence-corrected chi connectivity index (χ2v) is 5.99. The Balaban J connectivity index is 2.44. The van der Waals surface area contributed by atoms with Crippen LogP contribution in [0.5, 0.6) is 0 Å². The van der Waals surface area contributed by atoms with Crippen LogP contribution in [0.25, 0.3) is 10.8 Å². The zero-order valence-electron chi connectivity index (χ0n) is 13.1. The Kier molecular flexibility index (Phi) is 4.79. The molecular weight excluding hydrogens is 244 g/mol. The maximum absolute atomic E-state index is 5.85. The van der Waals surface area contributed by atoms with Crippen LogP contribution in [0.3, 0.4) is 0 Å². The van der Waals surface area contributed by atoms with E-state index in [1.807, 2.05) is 0 Å². The van der Waals surface area contributed by atoms with Crippen molar-refractivity contribution >= 4 is 10.8 Å². The smallest absolute Gasteiger partial charge is 0.0245 e. The highest BCUT2D eigenvalue weighted by Gasteiger charge is 2.15. The quantitative estimate of drug-likeness (QED) is 0.892. The Labute approximate surface area is 122 Å². The second kappa shape index (κ2) is 6.38. The summed E-state index contributed by atoms with van der Waals surface area (Å²) in [6.07, 6.45) is 0. The lowest BCUT2D eigenvalue weighted by atomic mass is 9.99. The number of hydrogen-bond acceptors (Lipinski definition) is 2. The van der Waals surface area contributed by atoms with E-state index in [4.69, 9.17) is 5.73 Å². The van der Waals surface area contributed by atoms with Crippen LogP contribution in [0.1, 0.15) is 38.8 Å². The summed E-state index contributed by atoms with van der Waals surface area (Å²) in [5.74, 6) is 0. The van der Waals surface area contributed by atoms with Crippen LogP contribution in [0.2, 0.25) is 0 Å². The zero-order chi connectivity index (χ0) is 14.7. The molecule has 0 fully saturated rings. The molecule has 108 valence electrons. The lowest BCUT2D eigenvalue weighted by Crippen LogP contribution is -2.36. The minimum absolute atomic E-state index is 0.544. The largest absolute Gasteiger partial charge is 0.326 e. The molecule has 2 nitrogen and oxygen atoms in total. The van der Waals surface area contributed by atoms with Crippen LogP contribution in [0, 0.1) is 0 Å². The summed E-state index contributed by atoms with van der Waals surface area (Å²) < 4.78 is 0. The number of fused-ring (bicyclic) bond motifs is 1. The molecule has 0 amide bonds. The third-order valence-electron chi connectivity index (χ3n) is 4.00. The van der Waals surface area contributed by atoms with Gasteiger partial charge in [-0.1, -0.05) is 36.4 Å². The zero-order valence-corrected chi connectivity index (χ0v) is 13.1. The van der Waals surface area contributed by atoms with Crippen molar-refractivity contribution in [2.24, 2.45) is 5.73 Å². The molecule has 2 aromatic carbocycles. The first kappa shape index (κ1) is 15.0. The maximum atomic E-state index is 5.85. The van der Waals surface area contributed by atoms with Gasteiger partial charge < -0.3 is 5.73 Å². The second-order valence-electron chi connectivity index (χ2n) is 5.99. The number of nitrogens with two attached hydrogens (primary N) is 1. The molecule has 0 aliphatic rings. The molecule has 0 unspecified atom stereocenters. The Morgan fingerprint density at radius 1 is 0.850 bits per heavy atom. The van der Waals surface area contributed by atoms with Crippen molar-refractivity contribution in [1.29, 1.82) is 0 Å². The van der Waals surface area contributed by atoms with E-state index in [1.165, 1.54) is 21.9 Å². The maximum Gasteiger partial charge on any atom is 0.0245 e. The SMILES string of the molecule is CC(C)N(Cc1cccc2c(CN)cccc12)C(C)C. The topological polar surface area (TPSA) is 29.3 Å². The van der Waals surface area contributed by atoms with Gasteiger partial charge in [0.2, 0.25) is 0 Å². The molecule has 0 saturated heterocycles. The molecule has 0 aliphatic heterocycles. The molecule has 0 spiro atoms. The minimum atomic E-state index is 0.544. The normalized spacial score (nSPS) is 12.0. The van der Waals surface area contributed by atoms with Gasteiger partial charge in [-0.05, 0) is 49.6 Å². The predicted octanol–water partition coefficient (Wildman–Crippen LogP) is 3.92. The van der Waals surface area contributed by atoms with Crippen LogP contribution >= 0.6 is 0 Å². The van der Waals surface area contributed by atoms with Gasteiger partial charge in [0.1, 0.15) is 0 Å². The van der Waals surface area contributed by atoms with Crippen molar-refractivity contribution in [1.82, 2.24) is 4.90 Å². The lowest BCUT2D eigenvalue weighted by molar-refractivity contribution is 0.166. The van der Waals surface area contributed by atoms with Gasteiger partial charge in [-0.2, -0.15) is 0 Å². The molecule has 2 aromatic rings. The predicted molar refractivity (Wildman–Crippen MR) is 87.7 cm³/mol. The van der Waals surface area contributed by atoms with Crippen molar-refractivity contribution in [3.63, 3.8) is 0 Å². The number of benzene rings is 2. The molecular formula is C18H26N2. The van der Waals surface area contributed by atoms with Crippen molar-refractivity contribution < 1.29 is 0 Å². The average molecular weight is 270 g/mol. The van der Waals surface area contributed by atoms with Gasteiger partial charge in [-0.3, -0.25) is 4.90 Å². The Hall–Kier alpha value is -1.38. The third kappa shape index (κ3) is 3.02. The van der Waals surface area contributed by atoms with Crippen molar-refractivity contribution in [3.05, 3.63) is 47.5 Å². The van der Waals surface area contributed by atoms with Crippen LogP contribution in [-0.4, -0.2) is 17.0 Å². The van der Waals surface area contributed by atoms with E-state index in [0.29, 0.717) is 18.6 Å². The number of nitrogens with zero attached hydrogens (tertiary/aromatic N) is 1. The summed E-state index contributed by atoms with van der Waals surface area (Å²) in [4.78, 5) is 2.52. The molecule has 0 heterocycles. The van der Waals surface area contributed by atoms with E-state index in [0.717, 1.165) is 6.54 Å². The van der Waals surface area contributed by atoms with Crippen LogP contribution < -0.4 is 5.73 Å². The summed E-state index contributed by atoms with van der Waals surface area (Å²) in [6.45, 7) is 10.6. The van der Waals surface area contributed by atoms with E-state index in [1.54, 1.807) is 0 Å². The highest BCUT2D eigenvalue weighted by molar-refractivity contribution is 5.88. The highest BCUT2D eigenvalue weighted by atomic mass is 15.2. The van der Waals surface area contributed by atoms with E-state index in [2.05, 4.69) is 69.0 Å². The molecule has 0 aliphatic carbocycles. The molecule has 2 N–H and O–H groups in total. The fourth-order valence-corrected chi connectivity index (χ4v) is 2.91. The third-order valence-corrected chi connectivity index (χ3v) is 4.00. The van der Waals surface area contributed by atoms with Gasteiger partial charge in [0.05, 0.1) is 0 Å². The van der Waals surface area contributed by atoms with Gasteiger partial charge in [0.15, 0.2) is 0 Å². The van der Waals surface area contributed by atoms with Gasteiger partial charge in [0, 0.05) is 25.2 Å². The van der Waals surface area contributed by atoms with Crippen molar-refractivity contribution in [2.45, 2.75) is 52.9 Å². The lowest BCUT2D eigenvalue weighted by Gasteiger charge is -2.31. The van der Waals surface area contributed by atoms with Crippen molar-refractivity contribution in [2.75, 3.05) is 0 Å². The summed E-state index contributed by atoms with van der Waals surface area (Å²) >= 11 is 0. The van der Waals surface area contributed by atoms with E-state index in [-0.39, 0.29) is 0 Å². The molecule has 0 aromatic heterocycles. The Bertz CT molecular complexity index is 565. The molecule has 2 heteroatoms. The number of rotatable bonds is 5. The highest BCUT2D eigenvalue weighted by Crippen LogP contribution is 2.24. The van der Waals surface area contributed by atoms with Gasteiger partial charge in [-0.15, -0.1) is 0 Å². The van der Waals surface area contributed by atoms with E-state index >= 15 is 0 Å². The summed E-state index contributed by atoms with van der Waals surface area (Å²) in [5, 5.41) is 2.63. The first-order valence-electron chi connectivity index (χ1n) is 7.50. The monoisotopic (exact) mass is 270 g/mol. The molecule has 2 rings (SSSR count). The standard InChI is InChI=1S/C18H26N2/c1-13(2)20(14(3)4)12-16-8-6-9-17-15(11-19)7-5-10-18(16)17/h5-10,13-14H,11-12,19H2,1-4H3.